The van der Waals surface area contributed by atoms with Crippen LogP contribution in [0.3, 0.4) is 0 Å². The van der Waals surface area contributed by atoms with E-state index in [0.29, 0.717) is 4.88 Å². The smallest absolute Gasteiger partial charge is 0.347 e. The summed E-state index contributed by atoms with van der Waals surface area (Å²) < 4.78 is 5.68. The number of anilines is 1. The summed E-state index contributed by atoms with van der Waals surface area (Å²) in [5.74, 6) is -0.704. The molecule has 1 aliphatic rings. The average molecular weight is 312 g/mol. The van der Waals surface area contributed by atoms with Crippen molar-refractivity contribution in [2.24, 2.45) is 0 Å². The van der Waals surface area contributed by atoms with E-state index >= 15 is 0 Å². The first-order chi connectivity index (χ1) is 10.1. The molecule has 1 fully saturated rings. The fourth-order valence-corrected chi connectivity index (χ4v) is 3.61. The maximum atomic E-state index is 11.4. The number of aromatic nitrogens is 1. The molecule has 21 heavy (non-hydrogen) atoms. The maximum Gasteiger partial charge on any atom is 0.347 e. The molecule has 1 N–H and O–H groups in total. The third kappa shape index (κ3) is 3.74. The SMILES string of the molecule is CCC(C)c1nc(N(CC)CC2CCCO2)sc1C(=O)O. The van der Waals surface area contributed by atoms with Gasteiger partial charge in [0.25, 0.3) is 0 Å². The van der Waals surface area contributed by atoms with Gasteiger partial charge in [0.15, 0.2) is 5.13 Å². The van der Waals surface area contributed by atoms with Crippen molar-refractivity contribution < 1.29 is 14.6 Å². The van der Waals surface area contributed by atoms with E-state index in [1.54, 1.807) is 0 Å². The fourth-order valence-electron chi connectivity index (χ4n) is 2.51. The predicted octanol–water partition coefficient (Wildman–Crippen LogP) is 3.36. The summed E-state index contributed by atoms with van der Waals surface area (Å²) in [5, 5.41) is 10.2. The number of hydrogen-bond donors (Lipinski definition) is 1. The van der Waals surface area contributed by atoms with Crippen LogP contribution in [-0.2, 0) is 4.74 Å². The van der Waals surface area contributed by atoms with Crippen LogP contribution in [0.4, 0.5) is 5.13 Å². The molecule has 118 valence electrons. The van der Waals surface area contributed by atoms with Crippen LogP contribution in [0.25, 0.3) is 0 Å². The molecule has 1 aromatic rings. The van der Waals surface area contributed by atoms with Crippen molar-refractivity contribution in [3.05, 3.63) is 10.6 Å². The summed E-state index contributed by atoms with van der Waals surface area (Å²) in [6.45, 7) is 8.59. The molecule has 0 aliphatic carbocycles. The van der Waals surface area contributed by atoms with Crippen LogP contribution in [0.2, 0.25) is 0 Å². The van der Waals surface area contributed by atoms with Gasteiger partial charge in [-0.1, -0.05) is 25.2 Å². The lowest BCUT2D eigenvalue weighted by Gasteiger charge is -2.23. The van der Waals surface area contributed by atoms with Gasteiger partial charge < -0.3 is 14.7 Å². The van der Waals surface area contributed by atoms with Crippen LogP contribution in [0.1, 0.15) is 61.3 Å². The molecule has 1 aliphatic heterocycles. The first-order valence-corrected chi connectivity index (χ1v) is 8.49. The van der Waals surface area contributed by atoms with E-state index in [1.165, 1.54) is 11.3 Å². The number of nitrogens with zero attached hydrogens (tertiary/aromatic N) is 2. The number of thiazole rings is 1. The minimum absolute atomic E-state index is 0.169. The normalized spacial score (nSPS) is 19.7. The van der Waals surface area contributed by atoms with Crippen molar-refractivity contribution in [2.75, 3.05) is 24.6 Å². The van der Waals surface area contributed by atoms with Crippen LogP contribution in [-0.4, -0.2) is 41.9 Å². The number of hydrogen-bond acceptors (Lipinski definition) is 5. The second-order valence-corrected chi connectivity index (χ2v) is 6.48. The second-order valence-electron chi connectivity index (χ2n) is 5.50. The maximum absolute atomic E-state index is 11.4. The highest BCUT2D eigenvalue weighted by Crippen LogP contribution is 2.32. The van der Waals surface area contributed by atoms with E-state index in [0.717, 1.165) is 49.8 Å². The molecule has 2 rings (SSSR count). The molecule has 2 heterocycles. The molecule has 0 aromatic carbocycles. The summed E-state index contributed by atoms with van der Waals surface area (Å²) in [6.07, 6.45) is 3.32. The Morgan fingerprint density at radius 1 is 1.57 bits per heavy atom. The van der Waals surface area contributed by atoms with Gasteiger partial charge in [-0.3, -0.25) is 0 Å². The van der Waals surface area contributed by atoms with E-state index in [2.05, 4.69) is 23.7 Å². The minimum Gasteiger partial charge on any atom is -0.477 e. The van der Waals surface area contributed by atoms with Crippen LogP contribution in [0, 0.1) is 0 Å². The van der Waals surface area contributed by atoms with Crippen molar-refractivity contribution in [3.8, 4) is 0 Å². The number of carboxylic acid groups (broad SMARTS) is 1. The lowest BCUT2D eigenvalue weighted by molar-refractivity contribution is 0.0700. The van der Waals surface area contributed by atoms with E-state index < -0.39 is 5.97 Å². The molecule has 1 aromatic heterocycles. The van der Waals surface area contributed by atoms with E-state index in [-0.39, 0.29) is 12.0 Å². The summed E-state index contributed by atoms with van der Waals surface area (Å²) in [7, 11) is 0. The summed E-state index contributed by atoms with van der Waals surface area (Å²) >= 11 is 1.29. The Labute approximate surface area is 129 Å². The van der Waals surface area contributed by atoms with Gasteiger partial charge in [-0.25, -0.2) is 9.78 Å². The Kier molecular flexibility index (Phi) is 5.58. The van der Waals surface area contributed by atoms with Crippen LogP contribution >= 0.6 is 11.3 Å². The Morgan fingerprint density at radius 2 is 2.33 bits per heavy atom. The van der Waals surface area contributed by atoms with Gasteiger partial charge in [-0.15, -0.1) is 0 Å². The number of ether oxygens (including phenoxy) is 1. The molecule has 5 nitrogen and oxygen atoms in total. The molecule has 0 amide bonds. The van der Waals surface area contributed by atoms with E-state index in [4.69, 9.17) is 4.74 Å². The lowest BCUT2D eigenvalue weighted by Crippen LogP contribution is -2.31. The van der Waals surface area contributed by atoms with Crippen LogP contribution in [0.15, 0.2) is 0 Å². The van der Waals surface area contributed by atoms with Crippen molar-refractivity contribution >= 4 is 22.4 Å². The molecule has 1 saturated heterocycles. The van der Waals surface area contributed by atoms with Gasteiger partial charge in [0.05, 0.1) is 11.8 Å². The van der Waals surface area contributed by atoms with Crippen LogP contribution in [0.5, 0.6) is 0 Å². The van der Waals surface area contributed by atoms with E-state index in [1.807, 2.05) is 6.92 Å². The average Bonchev–Trinajstić information content (AvgIpc) is 3.12. The highest BCUT2D eigenvalue weighted by molar-refractivity contribution is 7.17. The number of carbonyl (C=O) groups is 1. The zero-order valence-electron chi connectivity index (χ0n) is 13.0. The van der Waals surface area contributed by atoms with Crippen molar-refractivity contribution in [2.45, 2.75) is 52.1 Å². The van der Waals surface area contributed by atoms with Gasteiger partial charge in [0, 0.05) is 19.7 Å². The number of rotatable bonds is 7. The Hall–Kier alpha value is -1.14. The third-order valence-corrected chi connectivity index (χ3v) is 5.14. The Balaban J connectivity index is 2.22. The number of carboxylic acids is 1. The zero-order chi connectivity index (χ0) is 15.4. The Morgan fingerprint density at radius 3 is 2.86 bits per heavy atom. The monoisotopic (exact) mass is 312 g/mol. The predicted molar refractivity (Wildman–Crippen MR) is 84.6 cm³/mol. The quantitative estimate of drug-likeness (QED) is 0.836. The minimum atomic E-state index is -0.873. The molecule has 0 bridgehead atoms. The molecular weight excluding hydrogens is 288 g/mol. The Bertz CT molecular complexity index is 483. The summed E-state index contributed by atoms with van der Waals surface area (Å²) in [4.78, 5) is 18.6. The molecule has 2 atom stereocenters. The van der Waals surface area contributed by atoms with E-state index in [9.17, 15) is 9.90 Å². The first-order valence-electron chi connectivity index (χ1n) is 7.67. The second kappa shape index (κ2) is 7.22. The standard InChI is InChI=1S/C15H24N2O3S/c1-4-10(3)12-13(14(18)19)21-15(16-12)17(5-2)9-11-7-6-8-20-11/h10-11H,4-9H2,1-3H3,(H,18,19). The van der Waals surface area contributed by atoms with Crippen molar-refractivity contribution in [1.82, 2.24) is 4.98 Å². The number of aromatic carboxylic acids is 1. The fraction of sp³-hybridized carbons (Fsp3) is 0.733. The molecule has 2 unspecified atom stereocenters. The molecule has 0 saturated carbocycles. The van der Waals surface area contributed by atoms with Gasteiger partial charge in [0.1, 0.15) is 4.88 Å². The number of likely N-dealkylation sites (N-methyl/N-ethyl adjacent to an activating group) is 1. The third-order valence-electron chi connectivity index (χ3n) is 4.02. The molecule has 6 heteroatoms. The topological polar surface area (TPSA) is 62.7 Å². The van der Waals surface area contributed by atoms with Crippen molar-refractivity contribution in [3.63, 3.8) is 0 Å². The molecule has 0 radical (unpaired) electrons. The van der Waals surface area contributed by atoms with Gasteiger partial charge in [-0.05, 0) is 32.1 Å². The molecule has 0 spiro atoms. The highest BCUT2D eigenvalue weighted by atomic mass is 32.1. The van der Waals surface area contributed by atoms with Crippen LogP contribution < -0.4 is 4.90 Å². The highest BCUT2D eigenvalue weighted by Gasteiger charge is 2.25. The van der Waals surface area contributed by atoms with Crippen molar-refractivity contribution in [1.29, 1.82) is 0 Å². The lowest BCUT2D eigenvalue weighted by atomic mass is 10.0. The van der Waals surface area contributed by atoms with Gasteiger partial charge >= 0.3 is 5.97 Å². The first kappa shape index (κ1) is 16.2. The summed E-state index contributed by atoms with van der Waals surface area (Å²) in [5.41, 5.74) is 0.718. The zero-order valence-corrected chi connectivity index (χ0v) is 13.8. The largest absolute Gasteiger partial charge is 0.477 e. The summed E-state index contributed by atoms with van der Waals surface area (Å²) in [6, 6.07) is 0. The van der Waals surface area contributed by atoms with Gasteiger partial charge in [0.2, 0.25) is 0 Å². The molecular formula is C15H24N2O3S. The van der Waals surface area contributed by atoms with Gasteiger partial charge in [-0.2, -0.15) is 0 Å².